The highest BCUT2D eigenvalue weighted by Gasteiger charge is 2.19. The highest BCUT2D eigenvalue weighted by atomic mass is 16.2. The zero-order chi connectivity index (χ0) is 49.0. The molecular weight excluding hydrogens is 883 g/mol. The molecule has 0 saturated carbocycles. The van der Waals surface area contributed by atoms with Crippen molar-refractivity contribution in [3.8, 4) is 0 Å². The predicted octanol–water partition coefficient (Wildman–Crippen LogP) is 0.317. The van der Waals surface area contributed by atoms with Gasteiger partial charge in [-0.05, 0) is 37.1 Å². The third kappa shape index (κ3) is 16.1. The maximum absolute atomic E-state index is 12.8. The minimum atomic E-state index is -0.549. The Morgan fingerprint density at radius 1 is 0.632 bits per heavy atom. The van der Waals surface area contributed by atoms with E-state index in [1.807, 2.05) is 0 Å². The van der Waals surface area contributed by atoms with Gasteiger partial charge in [0.05, 0.1) is 18.3 Å². The van der Waals surface area contributed by atoms with Crippen LogP contribution in [0.1, 0.15) is 105 Å². The first-order valence-corrected chi connectivity index (χ1v) is 22.1. The van der Waals surface area contributed by atoms with Crippen LogP contribution >= 0.6 is 0 Å². The Kier molecular flexibility index (Phi) is 19.1. The largest absolute Gasteiger partial charge is 0.364 e. The van der Waals surface area contributed by atoms with E-state index in [0.29, 0.717) is 30.0 Å². The number of unbranched alkanes of at least 4 members (excludes halogenated alkanes) is 4. The lowest BCUT2D eigenvalue weighted by molar-refractivity contribution is -0.121. The van der Waals surface area contributed by atoms with Crippen molar-refractivity contribution in [3.05, 3.63) is 83.7 Å². The third-order valence-electron chi connectivity index (χ3n) is 10.2. The minimum absolute atomic E-state index is 0.00441. The van der Waals surface area contributed by atoms with Crippen LogP contribution in [0.15, 0.2) is 49.3 Å². The van der Waals surface area contributed by atoms with Gasteiger partial charge in [-0.1, -0.05) is 19.3 Å². The van der Waals surface area contributed by atoms with Gasteiger partial charge in [0.2, 0.25) is 29.5 Å². The fraction of sp³-hybridized carbons (Fsp3) is 0.419. The summed E-state index contributed by atoms with van der Waals surface area (Å²) >= 11 is 0. The molecule has 5 rings (SSSR count). The zero-order valence-electron chi connectivity index (χ0n) is 38.3. The summed E-state index contributed by atoms with van der Waals surface area (Å²) in [4.78, 5) is 118. The molecule has 68 heavy (non-hydrogen) atoms. The molecule has 8 amide bonds. The number of nitrogens with two attached hydrogens (primary N) is 1. The number of H-pyrrole nitrogens is 2. The van der Waals surface area contributed by atoms with Crippen molar-refractivity contribution in [1.29, 1.82) is 0 Å². The first-order chi connectivity index (χ1) is 32.7. The summed E-state index contributed by atoms with van der Waals surface area (Å²) in [5, 5.41) is 21.5. The lowest BCUT2D eigenvalue weighted by Gasteiger charge is -2.07. The van der Waals surface area contributed by atoms with Crippen molar-refractivity contribution in [2.24, 2.45) is 26.9 Å². The number of imidazole rings is 3. The number of carbonyl (C=O) groups excluding carboxylic acids is 8. The van der Waals surface area contributed by atoms with E-state index >= 15 is 0 Å². The van der Waals surface area contributed by atoms with Crippen LogP contribution in [0.2, 0.25) is 0 Å². The number of hydrogen-bond acceptors (Lipinski definition) is 12. The van der Waals surface area contributed by atoms with Crippen molar-refractivity contribution in [2.75, 3.05) is 48.7 Å². The fourth-order valence-electron chi connectivity index (χ4n) is 6.66. The predicted molar refractivity (Wildman–Crippen MR) is 248 cm³/mol. The smallest absolute Gasteiger partial charge is 0.291 e. The number of aromatic amines is 2. The van der Waals surface area contributed by atoms with Gasteiger partial charge in [0.1, 0.15) is 11.5 Å². The van der Waals surface area contributed by atoms with Crippen molar-refractivity contribution < 1.29 is 38.4 Å². The van der Waals surface area contributed by atoms with E-state index in [1.165, 1.54) is 29.2 Å². The van der Waals surface area contributed by atoms with Gasteiger partial charge in [-0.3, -0.25) is 38.4 Å². The molecule has 0 spiro atoms. The third-order valence-corrected chi connectivity index (χ3v) is 10.2. The van der Waals surface area contributed by atoms with E-state index in [0.717, 1.165) is 32.1 Å². The Bertz CT molecular complexity index is 2550. The molecule has 0 fully saturated rings. The molecule has 12 N–H and O–H groups in total. The zero-order valence-corrected chi connectivity index (χ0v) is 38.3. The maximum Gasteiger partial charge on any atom is 0.291 e. The summed E-state index contributed by atoms with van der Waals surface area (Å²) in [6.07, 6.45) is 14.1. The maximum atomic E-state index is 12.8. The van der Waals surface area contributed by atoms with Crippen molar-refractivity contribution in [3.63, 3.8) is 0 Å². The molecular formula is C43H59N17O8. The highest BCUT2D eigenvalue weighted by Crippen LogP contribution is 2.15. The van der Waals surface area contributed by atoms with E-state index < -0.39 is 35.4 Å². The van der Waals surface area contributed by atoms with Crippen LogP contribution < -0.4 is 48.3 Å². The van der Waals surface area contributed by atoms with Crippen LogP contribution in [0.5, 0.6) is 0 Å². The molecule has 0 radical (unpaired) electrons. The van der Waals surface area contributed by atoms with E-state index in [-0.39, 0.29) is 98.5 Å². The number of aromatic nitrogens is 8. The van der Waals surface area contributed by atoms with Gasteiger partial charge in [0.25, 0.3) is 23.6 Å². The number of nitrogens with one attached hydrogen (secondary N) is 10. The molecule has 5 aromatic heterocycles. The number of nitrogens with zero attached hydrogens (tertiary/aromatic N) is 6. The second-order valence-electron chi connectivity index (χ2n) is 15.8. The summed E-state index contributed by atoms with van der Waals surface area (Å²) in [7, 11) is 4.94. The molecule has 0 bridgehead atoms. The topological polar surface area (TPSA) is 344 Å². The van der Waals surface area contributed by atoms with Gasteiger partial charge in [-0.2, -0.15) is 0 Å². The fourth-order valence-corrected chi connectivity index (χ4v) is 6.66. The Morgan fingerprint density at radius 2 is 1.32 bits per heavy atom. The number of hydrogen-bond donors (Lipinski definition) is 11. The molecule has 25 nitrogen and oxygen atoms in total. The standard InChI is InChI=1S/C43H59N17O8/c1-58-18-17-47-38(58)43(68)53-29-20-30(59(2)25-29)40(65)48-16-11-34(62)54-31-24-51-37(56-31)41(66)52-23-27-19-28(50-22-27)21-36(64)46-14-10-35(63)55-32-26-60(3)39(57-32)42(67)49-15-9-33(61)45-13-8-6-4-5-7-12-44/h17-20,22,24-26,50H,4-16,21,23,44H2,1-3H3,(H,45,61)(H,46,64)(H,48,65)(H,49,67)(H,51,56)(H,52,66)(H,53,68)(H,54,62)(H,55,63). The second-order valence-corrected chi connectivity index (χ2v) is 15.8. The van der Waals surface area contributed by atoms with Crippen LogP contribution in [0, 0.1) is 0 Å². The van der Waals surface area contributed by atoms with Crippen molar-refractivity contribution >= 4 is 64.6 Å². The summed E-state index contributed by atoms with van der Waals surface area (Å²) < 4.78 is 4.56. The number of anilines is 3. The lowest BCUT2D eigenvalue weighted by atomic mass is 10.1. The number of aryl methyl sites for hydroxylation is 3. The van der Waals surface area contributed by atoms with Crippen molar-refractivity contribution in [1.82, 2.24) is 65.2 Å². The Hall–Kier alpha value is -8.09. The van der Waals surface area contributed by atoms with Crippen LogP contribution in [0.4, 0.5) is 17.3 Å². The monoisotopic (exact) mass is 941 g/mol. The molecule has 364 valence electrons. The SMILES string of the molecule is Cn1cc(NC(=O)c2nccn2C)cc1C(=O)NCCC(=O)Nc1cnc(C(=O)NCc2c[nH]c(CC(=O)NCCC(=O)Nc3cn(C)c(C(=O)NCCC(=O)NCCCCCCCN)n3)c2)[nH]1. The minimum Gasteiger partial charge on any atom is -0.364 e. The Morgan fingerprint density at radius 3 is 2.07 bits per heavy atom. The van der Waals surface area contributed by atoms with E-state index in [1.54, 1.807) is 54.9 Å². The quantitative estimate of drug-likeness (QED) is 0.0317. The van der Waals surface area contributed by atoms with Gasteiger partial charge in [-0.15, -0.1) is 0 Å². The van der Waals surface area contributed by atoms with Crippen molar-refractivity contribution in [2.45, 2.75) is 64.3 Å². The first-order valence-electron chi connectivity index (χ1n) is 22.1. The van der Waals surface area contributed by atoms with Crippen LogP contribution in [0.25, 0.3) is 0 Å². The average Bonchev–Trinajstić information content (AvgIpc) is 4.16. The molecule has 0 aliphatic heterocycles. The van der Waals surface area contributed by atoms with Gasteiger partial charge in [-0.25, -0.2) is 15.0 Å². The molecule has 0 saturated heterocycles. The molecule has 5 heterocycles. The highest BCUT2D eigenvalue weighted by molar-refractivity contribution is 6.03. The Labute approximate surface area is 391 Å². The van der Waals surface area contributed by atoms with E-state index in [2.05, 4.69) is 67.5 Å². The Balaban J connectivity index is 0.925. The molecule has 0 aliphatic carbocycles. The average molecular weight is 942 g/mol. The second kappa shape index (κ2) is 25.6. The molecule has 0 unspecified atom stereocenters. The molecule has 0 aromatic carbocycles. The molecule has 5 aromatic rings. The number of carbonyl (C=O) groups is 8. The van der Waals surface area contributed by atoms with Crippen LogP contribution in [0.3, 0.4) is 0 Å². The summed E-state index contributed by atoms with van der Waals surface area (Å²) in [6, 6.07) is 3.21. The van der Waals surface area contributed by atoms with Crippen LogP contribution in [-0.4, -0.2) is 119 Å². The van der Waals surface area contributed by atoms with Crippen LogP contribution in [-0.2, 0) is 53.3 Å². The van der Waals surface area contributed by atoms with E-state index in [9.17, 15) is 38.4 Å². The summed E-state index contributed by atoms with van der Waals surface area (Å²) in [6.45, 7) is 1.54. The van der Waals surface area contributed by atoms with Gasteiger partial charge in [0, 0.05) is 110 Å². The molecule has 0 aliphatic rings. The number of rotatable bonds is 27. The van der Waals surface area contributed by atoms with Gasteiger partial charge in [0.15, 0.2) is 17.5 Å². The summed E-state index contributed by atoms with van der Waals surface area (Å²) in [5.41, 5.74) is 7.40. The normalized spacial score (nSPS) is 10.8. The first kappa shape index (κ1) is 50.9. The van der Waals surface area contributed by atoms with Gasteiger partial charge < -0.3 is 71.9 Å². The van der Waals surface area contributed by atoms with Gasteiger partial charge >= 0.3 is 0 Å². The summed E-state index contributed by atoms with van der Waals surface area (Å²) in [5.74, 6) is -2.78. The molecule has 0 atom stereocenters. The number of amides is 8. The lowest BCUT2D eigenvalue weighted by Crippen LogP contribution is -2.32. The van der Waals surface area contributed by atoms with E-state index in [4.69, 9.17) is 5.73 Å². The molecule has 25 heteroatoms.